The maximum atomic E-state index is 11.6. The van der Waals surface area contributed by atoms with Crippen molar-refractivity contribution in [2.24, 2.45) is 4.99 Å². The number of carbonyl (C=O) groups excluding carboxylic acids is 1. The van der Waals surface area contributed by atoms with Gasteiger partial charge in [0.1, 0.15) is 5.84 Å². The fraction of sp³-hybridized carbons (Fsp3) is 0.176. The minimum atomic E-state index is -3.37. The van der Waals surface area contributed by atoms with E-state index in [1.54, 1.807) is 24.3 Å². The standard InChI is InChI=1S/C17H15ClN2O5S/c1-26(24,25)14-8-6-13(7-9-14)20-10-17(23,16(21)22)19-15(20)11-2-4-12(18)5-3-11/h2-9,23H,10H2,1H3,(H,21,22)/p-1. The Hall–Kier alpha value is -2.42. The molecule has 0 spiro atoms. The summed E-state index contributed by atoms with van der Waals surface area (Å²) in [6.45, 7) is -0.370. The summed E-state index contributed by atoms with van der Waals surface area (Å²) in [5.74, 6) is -1.51. The first-order valence-electron chi connectivity index (χ1n) is 7.47. The number of hydrogen-bond donors (Lipinski definition) is 1. The Morgan fingerprint density at radius 2 is 1.77 bits per heavy atom. The van der Waals surface area contributed by atoms with Gasteiger partial charge in [-0.1, -0.05) is 11.6 Å². The molecule has 0 amide bonds. The lowest BCUT2D eigenvalue weighted by molar-refractivity contribution is -0.322. The van der Waals surface area contributed by atoms with E-state index < -0.39 is 21.5 Å². The second-order valence-corrected chi connectivity index (χ2v) is 8.35. The van der Waals surface area contributed by atoms with Crippen LogP contribution in [0.5, 0.6) is 0 Å². The third-order valence-corrected chi connectivity index (χ3v) is 5.31. The molecule has 9 heteroatoms. The van der Waals surface area contributed by atoms with Crippen LogP contribution in [0.25, 0.3) is 0 Å². The lowest BCUT2D eigenvalue weighted by Crippen LogP contribution is -2.50. The summed E-state index contributed by atoms with van der Waals surface area (Å²) in [6.07, 6.45) is 1.09. The summed E-state index contributed by atoms with van der Waals surface area (Å²) in [6, 6.07) is 12.3. The number of aliphatic hydroxyl groups is 1. The zero-order valence-electron chi connectivity index (χ0n) is 13.6. The first-order chi connectivity index (χ1) is 12.1. The predicted molar refractivity (Wildman–Crippen MR) is 94.8 cm³/mol. The number of amidine groups is 1. The highest BCUT2D eigenvalue weighted by Gasteiger charge is 2.40. The summed E-state index contributed by atoms with van der Waals surface area (Å²) in [5, 5.41) is 22.1. The fourth-order valence-corrected chi connectivity index (χ4v) is 3.34. The Morgan fingerprint density at radius 3 is 2.27 bits per heavy atom. The van der Waals surface area contributed by atoms with Crippen molar-refractivity contribution in [2.45, 2.75) is 10.6 Å². The molecule has 0 aromatic heterocycles. The zero-order chi connectivity index (χ0) is 19.1. The van der Waals surface area contributed by atoms with Gasteiger partial charge in [0, 0.05) is 22.5 Å². The van der Waals surface area contributed by atoms with E-state index >= 15 is 0 Å². The molecule has 0 saturated heterocycles. The lowest BCUT2D eigenvalue weighted by atomic mass is 10.1. The molecule has 0 fully saturated rings. The molecule has 1 N–H and O–H groups in total. The van der Waals surface area contributed by atoms with Crippen LogP contribution in [-0.2, 0) is 14.6 Å². The first kappa shape index (κ1) is 18.4. The molecule has 26 heavy (non-hydrogen) atoms. The number of aliphatic carboxylic acids is 1. The summed E-state index contributed by atoms with van der Waals surface area (Å²) in [7, 11) is -3.37. The van der Waals surface area contributed by atoms with E-state index in [9.17, 15) is 23.4 Å². The molecule has 1 aliphatic rings. The number of anilines is 1. The molecule has 2 aromatic rings. The van der Waals surface area contributed by atoms with Crippen molar-refractivity contribution < 1.29 is 23.4 Å². The summed E-state index contributed by atoms with van der Waals surface area (Å²) in [5.41, 5.74) is -1.40. The Bertz CT molecular complexity index is 987. The normalized spacial score (nSPS) is 20.1. The number of benzene rings is 2. The number of hydrogen-bond acceptors (Lipinski definition) is 7. The molecule has 0 radical (unpaired) electrons. The first-order valence-corrected chi connectivity index (χ1v) is 9.74. The molecule has 1 unspecified atom stereocenters. The molecule has 0 aliphatic carbocycles. The van der Waals surface area contributed by atoms with Gasteiger partial charge in [0.05, 0.1) is 17.4 Å². The average molecular weight is 394 g/mol. The second-order valence-electron chi connectivity index (χ2n) is 5.90. The van der Waals surface area contributed by atoms with Crippen LogP contribution < -0.4 is 10.0 Å². The van der Waals surface area contributed by atoms with Gasteiger partial charge in [-0.25, -0.2) is 13.4 Å². The number of sulfone groups is 1. The second kappa shape index (κ2) is 6.39. The molecule has 0 bridgehead atoms. The summed E-state index contributed by atoms with van der Waals surface area (Å²) in [4.78, 5) is 16.8. The molecule has 7 nitrogen and oxygen atoms in total. The van der Waals surface area contributed by atoms with Gasteiger partial charge in [-0.15, -0.1) is 0 Å². The van der Waals surface area contributed by atoms with Crippen molar-refractivity contribution in [1.82, 2.24) is 0 Å². The number of carboxylic acid groups (broad SMARTS) is 1. The van der Waals surface area contributed by atoms with Gasteiger partial charge >= 0.3 is 0 Å². The summed E-state index contributed by atoms with van der Waals surface area (Å²) >= 11 is 5.87. The Labute approximate surface area is 155 Å². The molecule has 2 aromatic carbocycles. The van der Waals surface area contributed by atoms with Crippen LogP contribution in [0.2, 0.25) is 5.02 Å². The minimum Gasteiger partial charge on any atom is -0.545 e. The fourth-order valence-electron chi connectivity index (χ4n) is 2.58. The number of rotatable bonds is 4. The maximum absolute atomic E-state index is 11.6. The molecular weight excluding hydrogens is 380 g/mol. The number of aliphatic imine (C=N–C) groups is 1. The van der Waals surface area contributed by atoms with Crippen LogP contribution in [0.15, 0.2) is 58.4 Å². The van der Waals surface area contributed by atoms with Crippen LogP contribution in [-0.4, -0.2) is 43.9 Å². The lowest BCUT2D eigenvalue weighted by Gasteiger charge is -2.24. The largest absolute Gasteiger partial charge is 0.545 e. The van der Waals surface area contributed by atoms with E-state index in [2.05, 4.69) is 4.99 Å². The number of β-amino-alcohol motifs (C(OH)–C–C–N with tert-alkyl or cyclic N) is 1. The quantitative estimate of drug-likeness (QED) is 0.807. The highest BCUT2D eigenvalue weighted by Crippen LogP contribution is 2.29. The molecule has 136 valence electrons. The van der Waals surface area contributed by atoms with E-state index in [-0.39, 0.29) is 17.3 Å². The molecule has 1 atom stereocenters. The van der Waals surface area contributed by atoms with E-state index in [0.29, 0.717) is 16.3 Å². The SMILES string of the molecule is CS(=O)(=O)c1ccc(N2CC(O)(C(=O)[O-])N=C2c2ccc(Cl)cc2)cc1. The number of carboxylic acids is 1. The smallest absolute Gasteiger partial charge is 0.217 e. The number of carbonyl (C=O) groups is 1. The third kappa shape index (κ3) is 3.44. The Morgan fingerprint density at radius 1 is 1.19 bits per heavy atom. The Kier molecular flexibility index (Phi) is 4.51. The molecule has 1 aliphatic heterocycles. The van der Waals surface area contributed by atoms with Crippen LogP contribution in [0.4, 0.5) is 5.69 Å². The Balaban J connectivity index is 2.05. The van der Waals surface area contributed by atoms with Crippen molar-refractivity contribution >= 4 is 38.9 Å². The van der Waals surface area contributed by atoms with Crippen LogP contribution in [0.1, 0.15) is 5.56 Å². The number of halogens is 1. The monoisotopic (exact) mass is 393 g/mol. The number of nitrogens with zero attached hydrogens (tertiary/aromatic N) is 2. The third-order valence-electron chi connectivity index (χ3n) is 3.93. The van der Waals surface area contributed by atoms with Crippen molar-refractivity contribution in [3.05, 3.63) is 59.1 Å². The van der Waals surface area contributed by atoms with Gasteiger partial charge in [0.25, 0.3) is 0 Å². The van der Waals surface area contributed by atoms with Crippen LogP contribution in [0, 0.1) is 0 Å². The zero-order valence-corrected chi connectivity index (χ0v) is 15.2. The van der Waals surface area contributed by atoms with E-state index in [1.807, 2.05) is 0 Å². The van der Waals surface area contributed by atoms with Gasteiger partial charge in [-0.2, -0.15) is 0 Å². The van der Waals surface area contributed by atoms with Crippen molar-refractivity contribution in [2.75, 3.05) is 17.7 Å². The maximum Gasteiger partial charge on any atom is 0.217 e. The molecule has 1 heterocycles. The topological polar surface area (TPSA) is 110 Å². The average Bonchev–Trinajstić information content (AvgIpc) is 2.94. The van der Waals surface area contributed by atoms with E-state index in [0.717, 1.165) is 6.26 Å². The van der Waals surface area contributed by atoms with Gasteiger partial charge in [-0.05, 0) is 48.5 Å². The van der Waals surface area contributed by atoms with E-state index in [1.165, 1.54) is 29.2 Å². The highest BCUT2D eigenvalue weighted by atomic mass is 35.5. The minimum absolute atomic E-state index is 0.126. The molecular formula is C17H14ClN2O5S-. The molecule has 0 saturated carbocycles. The molecule has 3 rings (SSSR count). The van der Waals surface area contributed by atoms with Gasteiger partial charge in [0.15, 0.2) is 9.84 Å². The predicted octanol–water partition coefficient (Wildman–Crippen LogP) is 0.449. The van der Waals surface area contributed by atoms with Crippen molar-refractivity contribution in [3.63, 3.8) is 0 Å². The van der Waals surface area contributed by atoms with Gasteiger partial charge < -0.3 is 19.9 Å². The highest BCUT2D eigenvalue weighted by molar-refractivity contribution is 7.90. The van der Waals surface area contributed by atoms with Crippen LogP contribution >= 0.6 is 11.6 Å². The van der Waals surface area contributed by atoms with Crippen molar-refractivity contribution in [3.8, 4) is 0 Å². The van der Waals surface area contributed by atoms with Gasteiger partial charge in [-0.3, -0.25) is 0 Å². The van der Waals surface area contributed by atoms with Crippen LogP contribution in [0.3, 0.4) is 0 Å². The van der Waals surface area contributed by atoms with Crippen molar-refractivity contribution in [1.29, 1.82) is 0 Å². The summed E-state index contributed by atoms with van der Waals surface area (Å²) < 4.78 is 23.2. The van der Waals surface area contributed by atoms with Gasteiger partial charge in [0.2, 0.25) is 5.72 Å². The van der Waals surface area contributed by atoms with E-state index in [4.69, 9.17) is 11.6 Å².